The molecule has 1 aliphatic rings. The molecule has 0 radical (unpaired) electrons. The number of aryl methyl sites for hydroxylation is 1. The second-order valence-electron chi connectivity index (χ2n) is 8.26. The Bertz CT molecular complexity index is 1190. The molecular formula is C23H29N5O6S. The molecule has 1 heterocycles. The number of nitrogens with two attached hydrogens (primary N) is 1. The van der Waals surface area contributed by atoms with Gasteiger partial charge in [-0.2, -0.15) is 14.9 Å². The van der Waals surface area contributed by atoms with E-state index in [1.807, 2.05) is 24.3 Å². The predicted molar refractivity (Wildman–Crippen MR) is 129 cm³/mol. The number of carboxylic acid groups (broad SMARTS) is 1. The number of sulfonamides is 1. The van der Waals surface area contributed by atoms with Gasteiger partial charge in [-0.3, -0.25) is 14.4 Å². The van der Waals surface area contributed by atoms with E-state index in [9.17, 15) is 23.1 Å². The molecule has 12 heteroatoms. The number of rotatable bonds is 10. The van der Waals surface area contributed by atoms with Gasteiger partial charge in [0.1, 0.15) is 6.04 Å². The number of carbonyl (C=O) groups is 2. The van der Waals surface area contributed by atoms with Gasteiger partial charge in [0, 0.05) is 13.6 Å². The molecule has 3 atom stereocenters. The van der Waals surface area contributed by atoms with Gasteiger partial charge in [0.05, 0.1) is 29.7 Å². The fourth-order valence-electron chi connectivity index (χ4n) is 3.89. The normalized spacial score (nSPS) is 19.6. The molecule has 1 fully saturated rings. The molecule has 0 aromatic heterocycles. The minimum Gasteiger partial charge on any atom is -0.480 e. The van der Waals surface area contributed by atoms with E-state index in [2.05, 4.69) is 15.1 Å². The monoisotopic (exact) mass is 503 g/mol. The summed E-state index contributed by atoms with van der Waals surface area (Å²) in [6.07, 6.45) is 1.67. The summed E-state index contributed by atoms with van der Waals surface area (Å²) in [5.41, 5.74) is 2.34. The largest absolute Gasteiger partial charge is 0.480 e. The van der Waals surface area contributed by atoms with Crippen molar-refractivity contribution in [1.82, 2.24) is 15.1 Å². The summed E-state index contributed by atoms with van der Waals surface area (Å²) in [5.74, 6) is 3.32. The Balaban J connectivity index is 1.55. The lowest BCUT2D eigenvalue weighted by Gasteiger charge is -2.18. The van der Waals surface area contributed by atoms with Crippen molar-refractivity contribution in [3.8, 4) is 0 Å². The van der Waals surface area contributed by atoms with Crippen molar-refractivity contribution in [2.75, 3.05) is 13.6 Å². The van der Waals surface area contributed by atoms with Crippen molar-refractivity contribution in [2.45, 2.75) is 42.8 Å². The van der Waals surface area contributed by atoms with Gasteiger partial charge in [-0.25, -0.2) is 8.42 Å². The highest BCUT2D eigenvalue weighted by Crippen LogP contribution is 2.34. The Morgan fingerprint density at radius 3 is 2.57 bits per heavy atom. The van der Waals surface area contributed by atoms with Crippen LogP contribution in [0.5, 0.6) is 0 Å². The number of carbonyl (C=O) groups excluding carboxylic acids is 1. The van der Waals surface area contributed by atoms with Crippen LogP contribution in [0.2, 0.25) is 0 Å². The van der Waals surface area contributed by atoms with Crippen molar-refractivity contribution < 1.29 is 28.0 Å². The summed E-state index contributed by atoms with van der Waals surface area (Å²) in [4.78, 5) is 29.9. The van der Waals surface area contributed by atoms with Crippen molar-refractivity contribution in [2.24, 2.45) is 10.9 Å². The van der Waals surface area contributed by atoms with Crippen LogP contribution in [0.15, 0.2) is 58.5 Å². The topological polar surface area (TPSA) is 163 Å². The Morgan fingerprint density at radius 1 is 1.26 bits per heavy atom. The van der Waals surface area contributed by atoms with Crippen LogP contribution in [0.3, 0.4) is 0 Å². The third-order valence-electron chi connectivity index (χ3n) is 5.68. The number of hydrogen-bond acceptors (Lipinski definition) is 8. The molecule has 0 spiro atoms. The highest BCUT2D eigenvalue weighted by molar-refractivity contribution is 7.89. The smallest absolute Gasteiger partial charge is 0.323 e. The third-order valence-corrected chi connectivity index (χ3v) is 7.31. The molecule has 1 aliphatic heterocycles. The van der Waals surface area contributed by atoms with Crippen LogP contribution in [0.1, 0.15) is 35.6 Å². The molecule has 3 rings (SSSR count). The molecule has 0 bridgehead atoms. The van der Waals surface area contributed by atoms with Crippen LogP contribution in [-0.2, 0) is 24.4 Å². The lowest BCUT2D eigenvalue weighted by molar-refractivity contribution is -0.152. The summed E-state index contributed by atoms with van der Waals surface area (Å²) in [7, 11) is -2.31. The minimum atomic E-state index is -4.09. The second-order valence-corrected chi connectivity index (χ2v) is 9.94. The van der Waals surface area contributed by atoms with Gasteiger partial charge in [-0.05, 0) is 36.1 Å². The fourth-order valence-corrected chi connectivity index (χ4v) is 5.32. The van der Waals surface area contributed by atoms with Gasteiger partial charge < -0.3 is 16.3 Å². The van der Waals surface area contributed by atoms with Crippen molar-refractivity contribution in [1.29, 1.82) is 0 Å². The standard InChI is InChI=1S/C23H29N5O6S/c1-15-5-3-4-6-21(15)35(32,33)27-19(23(30)31)14-25-22(29)12-18-11-20(28(2)34-18)17-9-7-16(8-10-17)13-26-24/h3-10,13,18-20,27H,11-12,14,24H2,1-2H3,(H,25,29)(H,30,31)/t18-,19-,20+/m0/s1. The zero-order valence-electron chi connectivity index (χ0n) is 19.4. The van der Waals surface area contributed by atoms with Gasteiger partial charge in [-0.15, -0.1) is 0 Å². The first-order chi connectivity index (χ1) is 16.6. The maximum atomic E-state index is 12.6. The van der Waals surface area contributed by atoms with E-state index in [1.165, 1.54) is 12.3 Å². The number of nitrogens with one attached hydrogen (secondary N) is 2. The average molecular weight is 504 g/mol. The number of carboxylic acids is 1. The number of nitrogens with zero attached hydrogens (tertiary/aromatic N) is 2. The lowest BCUT2D eigenvalue weighted by atomic mass is 9.99. The molecule has 1 saturated heterocycles. The Morgan fingerprint density at radius 2 is 1.94 bits per heavy atom. The Hall–Kier alpha value is -3.32. The van der Waals surface area contributed by atoms with Gasteiger partial charge in [0.15, 0.2) is 0 Å². The first kappa shape index (κ1) is 26.3. The number of benzene rings is 2. The van der Waals surface area contributed by atoms with Crippen LogP contribution >= 0.6 is 0 Å². The van der Waals surface area contributed by atoms with Crippen molar-refractivity contribution >= 4 is 28.1 Å². The molecule has 0 aliphatic carbocycles. The van der Waals surface area contributed by atoms with E-state index in [0.29, 0.717) is 12.0 Å². The Kier molecular flexibility index (Phi) is 8.57. The summed E-state index contributed by atoms with van der Waals surface area (Å²) >= 11 is 0. The molecular weight excluding hydrogens is 474 g/mol. The summed E-state index contributed by atoms with van der Waals surface area (Å²) in [6.45, 7) is 1.20. The summed E-state index contributed by atoms with van der Waals surface area (Å²) in [6, 6.07) is 12.3. The quantitative estimate of drug-likeness (QED) is 0.211. The van der Waals surface area contributed by atoms with Gasteiger partial charge in [0.2, 0.25) is 15.9 Å². The first-order valence-corrected chi connectivity index (χ1v) is 12.4. The molecule has 0 unspecified atom stereocenters. The second kappa shape index (κ2) is 11.4. The Labute approximate surface area is 204 Å². The molecule has 5 N–H and O–H groups in total. The number of amides is 1. The fraction of sp³-hybridized carbons (Fsp3) is 0.348. The highest BCUT2D eigenvalue weighted by atomic mass is 32.2. The third kappa shape index (κ3) is 6.85. The van der Waals surface area contributed by atoms with E-state index >= 15 is 0 Å². The number of aliphatic carboxylic acids is 1. The van der Waals surface area contributed by atoms with Crippen LogP contribution in [0, 0.1) is 6.92 Å². The summed E-state index contributed by atoms with van der Waals surface area (Å²) in [5, 5.41) is 17.1. The zero-order chi connectivity index (χ0) is 25.6. The van der Waals surface area contributed by atoms with Crippen molar-refractivity contribution in [3.05, 3.63) is 65.2 Å². The van der Waals surface area contributed by atoms with E-state index in [-0.39, 0.29) is 17.4 Å². The number of hydroxylamine groups is 2. The molecule has 0 saturated carbocycles. The van der Waals surface area contributed by atoms with E-state index < -0.39 is 40.6 Å². The first-order valence-electron chi connectivity index (χ1n) is 10.9. The van der Waals surface area contributed by atoms with Crippen LogP contribution in [0.4, 0.5) is 0 Å². The molecule has 2 aromatic carbocycles. The average Bonchev–Trinajstić information content (AvgIpc) is 3.17. The minimum absolute atomic E-state index is 0.00433. The number of hydrazone groups is 1. The van der Waals surface area contributed by atoms with Crippen molar-refractivity contribution in [3.63, 3.8) is 0 Å². The van der Waals surface area contributed by atoms with E-state index in [4.69, 9.17) is 10.7 Å². The molecule has 188 valence electrons. The molecule has 1 amide bonds. The maximum absolute atomic E-state index is 12.6. The van der Waals surface area contributed by atoms with E-state index in [1.54, 1.807) is 37.2 Å². The molecule has 11 nitrogen and oxygen atoms in total. The van der Waals surface area contributed by atoms with E-state index in [0.717, 1.165) is 11.1 Å². The lowest BCUT2D eigenvalue weighted by Crippen LogP contribution is -2.48. The molecule has 2 aromatic rings. The summed E-state index contributed by atoms with van der Waals surface area (Å²) < 4.78 is 27.4. The van der Waals surface area contributed by atoms with Crippen LogP contribution in [-0.4, -0.2) is 62.4 Å². The van der Waals surface area contributed by atoms with Crippen LogP contribution in [0.25, 0.3) is 0 Å². The van der Waals surface area contributed by atoms with Gasteiger partial charge in [-0.1, -0.05) is 42.5 Å². The number of hydrogen-bond donors (Lipinski definition) is 4. The SMILES string of the molecule is Cc1ccccc1S(=O)(=O)N[C@@H](CNC(=O)C[C@@H]1C[C@H](c2ccc(C=NN)cc2)N(C)O1)C(=O)O. The molecule has 35 heavy (non-hydrogen) atoms. The van der Waals surface area contributed by atoms with Gasteiger partial charge in [0.25, 0.3) is 0 Å². The maximum Gasteiger partial charge on any atom is 0.323 e. The van der Waals surface area contributed by atoms with Crippen LogP contribution < -0.4 is 15.9 Å². The zero-order valence-corrected chi connectivity index (χ0v) is 20.2. The predicted octanol–water partition coefficient (Wildman–Crippen LogP) is 0.902. The highest BCUT2D eigenvalue weighted by Gasteiger charge is 2.34. The van der Waals surface area contributed by atoms with Gasteiger partial charge >= 0.3 is 5.97 Å².